The van der Waals surface area contributed by atoms with E-state index >= 15 is 0 Å². The van der Waals surface area contributed by atoms with Crippen molar-refractivity contribution in [1.82, 2.24) is 0 Å². The van der Waals surface area contributed by atoms with Gasteiger partial charge in [0.05, 0.1) is 18.8 Å². The minimum absolute atomic E-state index is 0.0639. The van der Waals surface area contributed by atoms with Gasteiger partial charge in [-0.05, 0) is 6.42 Å². The predicted molar refractivity (Wildman–Crippen MR) is 43.8 cm³/mol. The van der Waals surface area contributed by atoms with Crippen LogP contribution in [0.15, 0.2) is 0 Å². The molecule has 1 aliphatic heterocycles. The van der Waals surface area contributed by atoms with E-state index in [1.54, 1.807) is 6.92 Å². The van der Waals surface area contributed by atoms with Crippen LogP contribution in [0, 0.1) is 5.92 Å². The number of hydrogen-bond donors (Lipinski definition) is 4. The Morgan fingerprint density at radius 1 is 1.31 bits per heavy atom. The van der Waals surface area contributed by atoms with Crippen molar-refractivity contribution in [3.8, 4) is 0 Å². The first-order valence-electron chi connectivity index (χ1n) is 4.41. The summed E-state index contributed by atoms with van der Waals surface area (Å²) in [5.74, 6) is -0.525. The first-order chi connectivity index (χ1) is 6.07. The van der Waals surface area contributed by atoms with E-state index in [-0.39, 0.29) is 6.61 Å². The molecule has 78 valence electrons. The van der Waals surface area contributed by atoms with Crippen LogP contribution < -0.4 is 0 Å². The molecule has 1 aliphatic rings. The minimum Gasteiger partial charge on any atom is -0.393 e. The lowest BCUT2D eigenvalue weighted by molar-refractivity contribution is -0.250. The SMILES string of the molecule is CCC(O)C1COC(O)C(O)C1O. The van der Waals surface area contributed by atoms with Gasteiger partial charge in [-0.25, -0.2) is 0 Å². The predicted octanol–water partition coefficient (Wildman–Crippen LogP) is -1.56. The van der Waals surface area contributed by atoms with Gasteiger partial charge in [-0.2, -0.15) is 0 Å². The zero-order valence-electron chi connectivity index (χ0n) is 7.50. The van der Waals surface area contributed by atoms with Gasteiger partial charge in [0, 0.05) is 5.92 Å². The zero-order valence-corrected chi connectivity index (χ0v) is 7.50. The zero-order chi connectivity index (χ0) is 10.0. The van der Waals surface area contributed by atoms with Crippen molar-refractivity contribution in [2.45, 2.75) is 37.9 Å². The number of aliphatic hydroxyl groups is 4. The Morgan fingerprint density at radius 3 is 2.46 bits per heavy atom. The Morgan fingerprint density at radius 2 is 1.92 bits per heavy atom. The van der Waals surface area contributed by atoms with Crippen LogP contribution in [-0.4, -0.2) is 51.6 Å². The Hall–Kier alpha value is -0.200. The molecule has 5 nitrogen and oxygen atoms in total. The van der Waals surface area contributed by atoms with Crippen molar-refractivity contribution < 1.29 is 25.2 Å². The molecule has 0 amide bonds. The summed E-state index contributed by atoms with van der Waals surface area (Å²) in [6.45, 7) is 1.84. The third-order valence-corrected chi connectivity index (χ3v) is 2.45. The summed E-state index contributed by atoms with van der Waals surface area (Å²) in [4.78, 5) is 0. The van der Waals surface area contributed by atoms with Crippen molar-refractivity contribution in [3.63, 3.8) is 0 Å². The second kappa shape index (κ2) is 4.34. The summed E-state index contributed by atoms with van der Waals surface area (Å²) >= 11 is 0. The topological polar surface area (TPSA) is 90.2 Å². The van der Waals surface area contributed by atoms with E-state index in [0.717, 1.165) is 0 Å². The largest absolute Gasteiger partial charge is 0.393 e. The van der Waals surface area contributed by atoms with E-state index < -0.39 is 30.5 Å². The third-order valence-electron chi connectivity index (χ3n) is 2.45. The van der Waals surface area contributed by atoms with Gasteiger partial charge in [-0.3, -0.25) is 0 Å². The molecular weight excluding hydrogens is 176 g/mol. The normalized spacial score (nSPS) is 43.2. The molecule has 0 aromatic heterocycles. The van der Waals surface area contributed by atoms with Gasteiger partial charge in [-0.1, -0.05) is 6.92 Å². The molecule has 1 rings (SSSR count). The smallest absolute Gasteiger partial charge is 0.183 e. The van der Waals surface area contributed by atoms with Crippen LogP contribution in [-0.2, 0) is 4.74 Å². The lowest BCUT2D eigenvalue weighted by Gasteiger charge is -2.37. The highest BCUT2D eigenvalue weighted by Crippen LogP contribution is 2.23. The molecule has 0 aromatic carbocycles. The molecule has 0 radical (unpaired) electrons. The fraction of sp³-hybridized carbons (Fsp3) is 1.00. The fourth-order valence-corrected chi connectivity index (χ4v) is 1.47. The molecule has 0 spiro atoms. The van der Waals surface area contributed by atoms with Crippen LogP contribution in [0.3, 0.4) is 0 Å². The van der Waals surface area contributed by atoms with E-state index in [1.807, 2.05) is 0 Å². The maximum Gasteiger partial charge on any atom is 0.183 e. The molecule has 4 N–H and O–H groups in total. The summed E-state index contributed by atoms with van der Waals surface area (Å²) in [6.07, 6.45) is -4.04. The Kier molecular flexibility index (Phi) is 3.63. The third kappa shape index (κ3) is 2.18. The van der Waals surface area contributed by atoms with Crippen LogP contribution >= 0.6 is 0 Å². The number of rotatable bonds is 2. The Bertz CT molecular complexity index is 163. The minimum atomic E-state index is -1.35. The number of aliphatic hydroxyl groups excluding tert-OH is 4. The van der Waals surface area contributed by atoms with Crippen molar-refractivity contribution in [2.24, 2.45) is 5.92 Å². The molecule has 13 heavy (non-hydrogen) atoms. The monoisotopic (exact) mass is 192 g/mol. The highest BCUT2D eigenvalue weighted by atomic mass is 16.6. The van der Waals surface area contributed by atoms with Crippen LogP contribution in [0.25, 0.3) is 0 Å². The average Bonchev–Trinajstić information content (AvgIpc) is 2.13. The van der Waals surface area contributed by atoms with E-state index in [2.05, 4.69) is 0 Å². The maximum atomic E-state index is 9.46. The van der Waals surface area contributed by atoms with Crippen LogP contribution in [0.1, 0.15) is 13.3 Å². The summed E-state index contributed by atoms with van der Waals surface area (Å²) in [7, 11) is 0. The molecular formula is C8H16O5. The first-order valence-corrected chi connectivity index (χ1v) is 4.41. The standard InChI is InChI=1S/C8H16O5/c1-2-5(9)4-3-13-8(12)7(11)6(4)10/h4-12H,2-3H2,1H3. The van der Waals surface area contributed by atoms with Gasteiger partial charge in [0.15, 0.2) is 6.29 Å². The second-order valence-corrected chi connectivity index (χ2v) is 3.34. The van der Waals surface area contributed by atoms with Crippen molar-refractivity contribution in [1.29, 1.82) is 0 Å². The lowest BCUT2D eigenvalue weighted by Crippen LogP contribution is -2.53. The first kappa shape index (κ1) is 10.9. The van der Waals surface area contributed by atoms with Gasteiger partial charge in [0.2, 0.25) is 0 Å². The van der Waals surface area contributed by atoms with Crippen molar-refractivity contribution in [2.75, 3.05) is 6.61 Å². The molecule has 0 bridgehead atoms. The highest BCUT2D eigenvalue weighted by molar-refractivity contribution is 4.85. The van der Waals surface area contributed by atoms with Gasteiger partial charge in [0.1, 0.15) is 6.10 Å². The molecule has 5 atom stereocenters. The molecule has 1 heterocycles. The molecule has 5 unspecified atom stereocenters. The van der Waals surface area contributed by atoms with Crippen molar-refractivity contribution >= 4 is 0 Å². The van der Waals surface area contributed by atoms with Crippen LogP contribution in [0.5, 0.6) is 0 Å². The van der Waals surface area contributed by atoms with Gasteiger partial charge in [0.25, 0.3) is 0 Å². The second-order valence-electron chi connectivity index (χ2n) is 3.34. The summed E-state index contributed by atoms with van der Waals surface area (Å²) in [6, 6.07) is 0. The Labute approximate surface area is 76.6 Å². The molecule has 1 saturated heterocycles. The molecule has 0 aromatic rings. The molecule has 0 saturated carbocycles. The molecule has 1 fully saturated rings. The van der Waals surface area contributed by atoms with E-state index in [9.17, 15) is 15.3 Å². The molecule has 5 heteroatoms. The van der Waals surface area contributed by atoms with Gasteiger partial charge < -0.3 is 25.2 Å². The van der Waals surface area contributed by atoms with E-state index in [4.69, 9.17) is 9.84 Å². The van der Waals surface area contributed by atoms with E-state index in [0.29, 0.717) is 6.42 Å². The fourth-order valence-electron chi connectivity index (χ4n) is 1.47. The maximum absolute atomic E-state index is 9.46. The average molecular weight is 192 g/mol. The quantitative estimate of drug-likeness (QED) is 0.425. The highest BCUT2D eigenvalue weighted by Gasteiger charge is 2.40. The summed E-state index contributed by atoms with van der Waals surface area (Å²) < 4.78 is 4.78. The summed E-state index contributed by atoms with van der Waals surface area (Å²) in [5, 5.41) is 37.1. The number of hydrogen-bond acceptors (Lipinski definition) is 5. The van der Waals surface area contributed by atoms with Crippen molar-refractivity contribution in [3.05, 3.63) is 0 Å². The number of ether oxygens (including phenoxy) is 1. The Balaban J connectivity index is 2.58. The molecule has 0 aliphatic carbocycles. The van der Waals surface area contributed by atoms with Gasteiger partial charge in [-0.15, -0.1) is 0 Å². The van der Waals surface area contributed by atoms with Gasteiger partial charge >= 0.3 is 0 Å². The van der Waals surface area contributed by atoms with E-state index in [1.165, 1.54) is 0 Å². The lowest BCUT2D eigenvalue weighted by atomic mass is 9.89. The summed E-state index contributed by atoms with van der Waals surface area (Å²) in [5.41, 5.74) is 0. The van der Waals surface area contributed by atoms with Crippen LogP contribution in [0.2, 0.25) is 0 Å². The van der Waals surface area contributed by atoms with Crippen LogP contribution in [0.4, 0.5) is 0 Å².